The molecule has 0 saturated heterocycles. The van der Waals surface area contributed by atoms with Crippen LogP contribution in [0.15, 0.2) is 24.3 Å². The van der Waals surface area contributed by atoms with Crippen molar-refractivity contribution in [2.24, 2.45) is 5.92 Å². The van der Waals surface area contributed by atoms with Gasteiger partial charge in [0, 0.05) is 11.5 Å². The molecule has 0 unspecified atom stereocenters. The zero-order chi connectivity index (χ0) is 14.4. The molecule has 2 atom stereocenters. The summed E-state index contributed by atoms with van der Waals surface area (Å²) in [5.41, 5.74) is 0.0378. The number of carboxylic acid groups (broad SMARTS) is 1. The average molecular weight is 264 g/mol. The topological polar surface area (TPSA) is 90.2 Å². The summed E-state index contributed by atoms with van der Waals surface area (Å²) < 4.78 is 12.9. The summed E-state index contributed by atoms with van der Waals surface area (Å²) >= 11 is 0. The lowest BCUT2D eigenvalue weighted by Gasteiger charge is -2.15. The van der Waals surface area contributed by atoms with E-state index >= 15 is 0 Å². The molecule has 0 fully saturated rings. The number of nitriles is 1. The predicted molar refractivity (Wildman–Crippen MR) is 64.7 cm³/mol. The highest BCUT2D eigenvalue weighted by Gasteiger charge is 2.23. The number of carbonyl (C=O) groups is 2. The summed E-state index contributed by atoms with van der Waals surface area (Å²) in [7, 11) is 0. The van der Waals surface area contributed by atoms with E-state index in [0.29, 0.717) is 0 Å². The molecular weight excluding hydrogens is 251 g/mol. The maximum atomic E-state index is 12.9. The molecule has 2 N–H and O–H groups in total. The molecule has 1 amide bonds. The zero-order valence-electron chi connectivity index (χ0n) is 10.3. The largest absolute Gasteiger partial charge is 0.480 e. The maximum absolute atomic E-state index is 12.9. The van der Waals surface area contributed by atoms with E-state index in [0.717, 1.165) is 6.07 Å². The third kappa shape index (κ3) is 4.39. The number of nitrogens with one attached hydrogen (secondary N) is 1. The maximum Gasteiger partial charge on any atom is 0.326 e. The second-order valence-corrected chi connectivity index (χ2v) is 4.14. The van der Waals surface area contributed by atoms with Crippen LogP contribution in [0.1, 0.15) is 23.7 Å². The Kier molecular flexibility index (Phi) is 5.01. The second kappa shape index (κ2) is 6.50. The fourth-order valence-electron chi connectivity index (χ4n) is 1.50. The van der Waals surface area contributed by atoms with Crippen LogP contribution in [0.2, 0.25) is 0 Å². The van der Waals surface area contributed by atoms with Gasteiger partial charge in [0.15, 0.2) is 0 Å². The van der Waals surface area contributed by atoms with Crippen LogP contribution in [0.25, 0.3) is 0 Å². The van der Waals surface area contributed by atoms with E-state index in [1.807, 2.05) is 6.07 Å². The highest BCUT2D eigenvalue weighted by molar-refractivity contribution is 5.96. The fourth-order valence-corrected chi connectivity index (χ4v) is 1.50. The second-order valence-electron chi connectivity index (χ2n) is 4.14. The lowest BCUT2D eigenvalue weighted by atomic mass is 10.0. The van der Waals surface area contributed by atoms with Crippen LogP contribution < -0.4 is 5.32 Å². The molecule has 0 spiro atoms. The summed E-state index contributed by atoms with van der Waals surface area (Å²) in [6.45, 7) is 1.56. The van der Waals surface area contributed by atoms with Crippen molar-refractivity contribution in [2.45, 2.75) is 19.4 Å². The molecule has 0 aliphatic carbocycles. The smallest absolute Gasteiger partial charge is 0.326 e. The van der Waals surface area contributed by atoms with Crippen molar-refractivity contribution in [3.05, 3.63) is 35.6 Å². The zero-order valence-corrected chi connectivity index (χ0v) is 10.3. The van der Waals surface area contributed by atoms with Gasteiger partial charge in [-0.2, -0.15) is 5.26 Å². The third-order valence-electron chi connectivity index (χ3n) is 2.50. The summed E-state index contributed by atoms with van der Waals surface area (Å²) in [5, 5.41) is 19.9. The predicted octanol–water partition coefficient (Wildman–Crippen LogP) is 1.56. The number of aliphatic carboxylic acids is 1. The minimum atomic E-state index is -1.23. The van der Waals surface area contributed by atoms with Crippen molar-refractivity contribution >= 4 is 11.9 Å². The first-order valence-electron chi connectivity index (χ1n) is 5.63. The molecule has 6 heteroatoms. The van der Waals surface area contributed by atoms with Crippen molar-refractivity contribution in [3.8, 4) is 6.07 Å². The number of rotatable bonds is 5. The number of carbonyl (C=O) groups excluding carboxylic acids is 1. The number of nitrogens with zero attached hydrogens (tertiary/aromatic N) is 1. The molecule has 0 radical (unpaired) electrons. The van der Waals surface area contributed by atoms with Crippen LogP contribution in [0.5, 0.6) is 0 Å². The molecule has 0 aliphatic heterocycles. The first kappa shape index (κ1) is 14.6. The summed E-state index contributed by atoms with van der Waals surface area (Å²) in [5.74, 6) is -3.00. The van der Waals surface area contributed by atoms with E-state index in [4.69, 9.17) is 10.4 Å². The number of hydrogen-bond donors (Lipinski definition) is 2. The molecule has 0 aliphatic rings. The molecule has 0 saturated carbocycles. The van der Waals surface area contributed by atoms with E-state index in [2.05, 4.69) is 5.32 Å². The van der Waals surface area contributed by atoms with Crippen LogP contribution in [-0.2, 0) is 4.79 Å². The van der Waals surface area contributed by atoms with Gasteiger partial charge in [-0.05, 0) is 31.5 Å². The van der Waals surface area contributed by atoms with Gasteiger partial charge in [0.2, 0.25) is 0 Å². The van der Waals surface area contributed by atoms with Crippen LogP contribution in [0.3, 0.4) is 0 Å². The first-order valence-corrected chi connectivity index (χ1v) is 5.63. The molecule has 19 heavy (non-hydrogen) atoms. The molecule has 5 nitrogen and oxygen atoms in total. The van der Waals surface area contributed by atoms with E-state index in [1.54, 1.807) is 6.92 Å². The number of carboxylic acids is 1. The lowest BCUT2D eigenvalue weighted by molar-refractivity contribution is -0.139. The van der Waals surface area contributed by atoms with Crippen LogP contribution >= 0.6 is 0 Å². The molecule has 1 aromatic carbocycles. The number of benzene rings is 1. The van der Waals surface area contributed by atoms with Gasteiger partial charge in [0.05, 0.1) is 6.07 Å². The third-order valence-corrected chi connectivity index (χ3v) is 2.50. The van der Waals surface area contributed by atoms with Crippen LogP contribution in [-0.4, -0.2) is 23.0 Å². The van der Waals surface area contributed by atoms with Crippen molar-refractivity contribution in [1.29, 1.82) is 5.26 Å². The number of halogens is 1. The van der Waals surface area contributed by atoms with Crippen LogP contribution in [0, 0.1) is 23.1 Å². The minimum Gasteiger partial charge on any atom is -0.480 e. The Balaban J connectivity index is 2.77. The van der Waals surface area contributed by atoms with E-state index in [9.17, 15) is 14.0 Å². The first-order chi connectivity index (χ1) is 8.93. The van der Waals surface area contributed by atoms with Gasteiger partial charge >= 0.3 is 5.97 Å². The van der Waals surface area contributed by atoms with E-state index in [1.165, 1.54) is 18.2 Å². The highest BCUT2D eigenvalue weighted by Crippen LogP contribution is 2.08. The Morgan fingerprint density at radius 2 is 2.21 bits per heavy atom. The molecule has 1 aromatic rings. The molecule has 0 heterocycles. The van der Waals surface area contributed by atoms with Crippen molar-refractivity contribution < 1.29 is 19.1 Å². The van der Waals surface area contributed by atoms with E-state index < -0.39 is 29.7 Å². The molecule has 1 rings (SSSR count). The molecule has 0 aromatic heterocycles. The van der Waals surface area contributed by atoms with Gasteiger partial charge in [0.1, 0.15) is 11.9 Å². The fraction of sp³-hybridized carbons (Fsp3) is 0.308. The van der Waals surface area contributed by atoms with Gasteiger partial charge in [0.25, 0.3) is 5.91 Å². The van der Waals surface area contributed by atoms with Crippen LogP contribution in [0.4, 0.5) is 4.39 Å². The summed E-state index contributed by atoms with van der Waals surface area (Å²) in [6.07, 6.45) is -0.00705. The highest BCUT2D eigenvalue weighted by atomic mass is 19.1. The molecular formula is C13H13FN2O3. The summed E-state index contributed by atoms with van der Waals surface area (Å²) in [6, 6.07) is 5.66. The summed E-state index contributed by atoms with van der Waals surface area (Å²) in [4.78, 5) is 22.7. The Bertz CT molecular complexity index is 525. The number of hydrogen-bond acceptors (Lipinski definition) is 3. The van der Waals surface area contributed by atoms with Gasteiger partial charge in [-0.15, -0.1) is 0 Å². The monoisotopic (exact) mass is 264 g/mol. The van der Waals surface area contributed by atoms with Gasteiger partial charge in [-0.3, -0.25) is 4.79 Å². The average Bonchev–Trinajstić information content (AvgIpc) is 2.37. The Morgan fingerprint density at radius 3 is 2.74 bits per heavy atom. The van der Waals surface area contributed by atoms with Crippen molar-refractivity contribution in [3.63, 3.8) is 0 Å². The minimum absolute atomic E-state index is 0.00705. The Morgan fingerprint density at radius 1 is 1.53 bits per heavy atom. The van der Waals surface area contributed by atoms with Gasteiger partial charge < -0.3 is 10.4 Å². The normalized spacial score (nSPS) is 13.1. The lowest BCUT2D eigenvalue weighted by Crippen LogP contribution is -2.41. The Hall–Kier alpha value is -2.42. The number of amides is 1. The SMILES string of the molecule is C[C@H](C#N)C[C@H](NC(=O)c1cccc(F)c1)C(=O)O. The Labute approximate surface area is 109 Å². The van der Waals surface area contributed by atoms with Gasteiger partial charge in [-0.25, -0.2) is 9.18 Å². The van der Waals surface area contributed by atoms with Crippen molar-refractivity contribution in [1.82, 2.24) is 5.32 Å². The van der Waals surface area contributed by atoms with E-state index in [-0.39, 0.29) is 12.0 Å². The quantitative estimate of drug-likeness (QED) is 0.844. The standard InChI is InChI=1S/C13H13FN2O3/c1-8(7-15)5-11(13(18)19)16-12(17)9-3-2-4-10(14)6-9/h2-4,6,8,11H,5H2,1H3,(H,16,17)(H,18,19)/t8-,11-/m0/s1. The molecule has 100 valence electrons. The van der Waals surface area contributed by atoms with Crippen molar-refractivity contribution in [2.75, 3.05) is 0 Å². The molecule has 0 bridgehead atoms. The van der Waals surface area contributed by atoms with Gasteiger partial charge in [-0.1, -0.05) is 6.07 Å².